The largest absolute Gasteiger partial charge is 0.508 e. The summed E-state index contributed by atoms with van der Waals surface area (Å²) in [4.78, 5) is 14.2. The van der Waals surface area contributed by atoms with Gasteiger partial charge in [-0.25, -0.2) is 0 Å². The zero-order valence-corrected chi connectivity index (χ0v) is 8.84. The highest BCUT2D eigenvalue weighted by Gasteiger charge is 2.09. The number of amides is 1. The molecule has 0 spiro atoms. The lowest BCUT2D eigenvalue weighted by Crippen LogP contribution is -2.26. The molecule has 1 rings (SSSR count). The SMILES string of the molecule is Cc1c(O)cccc1C(=O)NCCN=[N+]=[N-]. The molecule has 0 saturated heterocycles. The summed E-state index contributed by atoms with van der Waals surface area (Å²) < 4.78 is 0. The molecule has 0 aliphatic heterocycles. The molecule has 0 saturated carbocycles. The average Bonchev–Trinajstić information content (AvgIpc) is 2.28. The summed E-state index contributed by atoms with van der Waals surface area (Å²) in [5.74, 6) is -0.204. The first-order valence-electron chi connectivity index (χ1n) is 4.74. The van der Waals surface area contributed by atoms with Crippen LogP contribution in [0.4, 0.5) is 0 Å². The van der Waals surface area contributed by atoms with Crippen molar-refractivity contribution in [1.29, 1.82) is 0 Å². The van der Waals surface area contributed by atoms with Crippen molar-refractivity contribution >= 4 is 5.91 Å². The molecule has 1 amide bonds. The van der Waals surface area contributed by atoms with E-state index in [4.69, 9.17) is 5.53 Å². The Labute approximate surface area is 92.5 Å². The van der Waals surface area contributed by atoms with Crippen LogP contribution in [0.25, 0.3) is 10.4 Å². The molecular weight excluding hydrogens is 208 g/mol. The third-order valence-electron chi connectivity index (χ3n) is 2.11. The van der Waals surface area contributed by atoms with Crippen molar-refractivity contribution in [3.8, 4) is 5.75 Å². The molecule has 0 aliphatic carbocycles. The van der Waals surface area contributed by atoms with Crippen molar-refractivity contribution in [2.75, 3.05) is 13.1 Å². The second kappa shape index (κ2) is 5.63. The first kappa shape index (κ1) is 11.9. The van der Waals surface area contributed by atoms with Gasteiger partial charge in [-0.2, -0.15) is 0 Å². The first-order valence-corrected chi connectivity index (χ1v) is 4.74. The lowest BCUT2D eigenvalue weighted by molar-refractivity contribution is 0.0953. The molecule has 0 aliphatic rings. The van der Waals surface area contributed by atoms with Crippen molar-refractivity contribution in [2.24, 2.45) is 5.11 Å². The lowest BCUT2D eigenvalue weighted by atomic mass is 10.1. The van der Waals surface area contributed by atoms with Crippen LogP contribution in [0.1, 0.15) is 15.9 Å². The van der Waals surface area contributed by atoms with Gasteiger partial charge in [0.25, 0.3) is 5.91 Å². The molecule has 0 fully saturated rings. The molecule has 0 atom stereocenters. The minimum Gasteiger partial charge on any atom is -0.508 e. The van der Waals surface area contributed by atoms with Crippen LogP contribution in [0.15, 0.2) is 23.3 Å². The molecule has 6 nitrogen and oxygen atoms in total. The number of azide groups is 1. The minimum atomic E-state index is -0.290. The monoisotopic (exact) mass is 220 g/mol. The Kier molecular flexibility index (Phi) is 4.17. The number of carbonyl (C=O) groups is 1. The van der Waals surface area contributed by atoms with Gasteiger partial charge in [-0.15, -0.1) is 0 Å². The van der Waals surface area contributed by atoms with Gasteiger partial charge in [0.15, 0.2) is 0 Å². The smallest absolute Gasteiger partial charge is 0.251 e. The molecule has 1 aromatic carbocycles. The fourth-order valence-corrected chi connectivity index (χ4v) is 1.23. The summed E-state index contributed by atoms with van der Waals surface area (Å²) in [5, 5.41) is 15.3. The van der Waals surface area contributed by atoms with Crippen molar-refractivity contribution in [3.63, 3.8) is 0 Å². The number of phenolic OH excluding ortho intramolecular Hbond substituents is 1. The maximum absolute atomic E-state index is 11.6. The Morgan fingerprint density at radius 1 is 1.62 bits per heavy atom. The van der Waals surface area contributed by atoms with Gasteiger partial charge < -0.3 is 10.4 Å². The second-order valence-corrected chi connectivity index (χ2v) is 3.16. The van der Waals surface area contributed by atoms with Gasteiger partial charge in [0.05, 0.1) is 0 Å². The number of carbonyl (C=O) groups excluding carboxylic acids is 1. The van der Waals surface area contributed by atoms with Crippen LogP contribution in [-0.2, 0) is 0 Å². The molecule has 2 N–H and O–H groups in total. The predicted molar refractivity (Wildman–Crippen MR) is 59.2 cm³/mol. The number of nitrogens with zero attached hydrogens (tertiary/aromatic N) is 3. The summed E-state index contributed by atoms with van der Waals surface area (Å²) in [5.41, 5.74) is 8.99. The van der Waals surface area contributed by atoms with E-state index in [9.17, 15) is 9.90 Å². The normalized spacial score (nSPS) is 9.31. The predicted octanol–water partition coefficient (Wildman–Crippen LogP) is 1.74. The molecule has 0 heterocycles. The molecule has 0 bridgehead atoms. The van der Waals surface area contributed by atoms with Gasteiger partial charge in [0.2, 0.25) is 0 Å². The number of phenols is 1. The van der Waals surface area contributed by atoms with Crippen LogP contribution < -0.4 is 5.32 Å². The number of rotatable bonds is 4. The maximum Gasteiger partial charge on any atom is 0.251 e. The third kappa shape index (κ3) is 2.90. The number of benzene rings is 1. The third-order valence-corrected chi connectivity index (χ3v) is 2.11. The highest BCUT2D eigenvalue weighted by atomic mass is 16.3. The van der Waals surface area contributed by atoms with Crippen LogP contribution in [-0.4, -0.2) is 24.1 Å². The molecule has 16 heavy (non-hydrogen) atoms. The van der Waals surface area contributed by atoms with Crippen LogP contribution in [0.5, 0.6) is 5.75 Å². The van der Waals surface area contributed by atoms with Gasteiger partial charge >= 0.3 is 0 Å². The highest BCUT2D eigenvalue weighted by molar-refractivity contribution is 5.96. The van der Waals surface area contributed by atoms with Crippen molar-refractivity contribution < 1.29 is 9.90 Å². The molecular formula is C10H12N4O2. The molecule has 84 valence electrons. The van der Waals surface area contributed by atoms with E-state index in [0.717, 1.165) is 0 Å². The minimum absolute atomic E-state index is 0.0858. The Morgan fingerprint density at radius 3 is 3.06 bits per heavy atom. The van der Waals surface area contributed by atoms with E-state index in [0.29, 0.717) is 11.1 Å². The number of hydrogen-bond acceptors (Lipinski definition) is 3. The highest BCUT2D eigenvalue weighted by Crippen LogP contribution is 2.19. The van der Waals surface area contributed by atoms with Crippen LogP contribution in [0.2, 0.25) is 0 Å². The van der Waals surface area contributed by atoms with Crippen molar-refractivity contribution in [2.45, 2.75) is 6.92 Å². The molecule has 0 radical (unpaired) electrons. The molecule has 6 heteroatoms. The van der Waals surface area contributed by atoms with Gasteiger partial charge in [0.1, 0.15) is 5.75 Å². The Balaban J connectivity index is 2.66. The quantitative estimate of drug-likeness (QED) is 0.349. The topological polar surface area (TPSA) is 98.1 Å². The van der Waals surface area contributed by atoms with Gasteiger partial charge in [-0.05, 0) is 24.6 Å². The van der Waals surface area contributed by atoms with E-state index in [2.05, 4.69) is 15.3 Å². The second-order valence-electron chi connectivity index (χ2n) is 3.16. The van der Waals surface area contributed by atoms with Crippen molar-refractivity contribution in [1.82, 2.24) is 5.32 Å². The summed E-state index contributed by atoms with van der Waals surface area (Å²) in [6.45, 7) is 2.15. The maximum atomic E-state index is 11.6. The summed E-state index contributed by atoms with van der Waals surface area (Å²) in [6, 6.07) is 4.74. The zero-order chi connectivity index (χ0) is 12.0. The standard InChI is InChI=1S/C10H12N4O2/c1-7-8(3-2-4-9(7)15)10(16)12-5-6-13-14-11/h2-4,15H,5-6H2,1H3,(H,12,16). The lowest BCUT2D eigenvalue weighted by Gasteiger charge is -2.07. The van der Waals surface area contributed by atoms with Gasteiger partial charge in [-0.1, -0.05) is 11.2 Å². The van der Waals surface area contributed by atoms with Crippen LogP contribution in [0, 0.1) is 6.92 Å². The van der Waals surface area contributed by atoms with E-state index >= 15 is 0 Å². The molecule has 1 aromatic rings. The van der Waals surface area contributed by atoms with E-state index in [1.54, 1.807) is 19.1 Å². The summed E-state index contributed by atoms with van der Waals surface area (Å²) >= 11 is 0. The van der Waals surface area contributed by atoms with Crippen LogP contribution >= 0.6 is 0 Å². The van der Waals surface area contributed by atoms with Gasteiger partial charge in [-0.3, -0.25) is 4.79 Å². The zero-order valence-electron chi connectivity index (χ0n) is 8.84. The Bertz CT molecular complexity index is 438. The first-order chi connectivity index (χ1) is 7.66. The number of aromatic hydroxyl groups is 1. The fourth-order valence-electron chi connectivity index (χ4n) is 1.23. The van der Waals surface area contributed by atoms with E-state index < -0.39 is 0 Å². The molecule has 0 unspecified atom stereocenters. The summed E-state index contributed by atoms with van der Waals surface area (Å²) in [6.07, 6.45) is 0. The summed E-state index contributed by atoms with van der Waals surface area (Å²) in [7, 11) is 0. The van der Waals surface area contributed by atoms with Gasteiger partial charge in [0, 0.05) is 29.1 Å². The number of nitrogens with one attached hydrogen (secondary N) is 1. The van der Waals surface area contributed by atoms with E-state index in [-0.39, 0.29) is 24.7 Å². The van der Waals surface area contributed by atoms with Crippen LogP contribution in [0.3, 0.4) is 0 Å². The van der Waals surface area contributed by atoms with Crippen molar-refractivity contribution in [3.05, 3.63) is 39.8 Å². The Morgan fingerprint density at radius 2 is 2.38 bits per heavy atom. The number of hydrogen-bond donors (Lipinski definition) is 2. The average molecular weight is 220 g/mol. The fraction of sp³-hybridized carbons (Fsp3) is 0.300. The van der Waals surface area contributed by atoms with E-state index in [1.807, 2.05) is 0 Å². The Hall–Kier alpha value is -2.20. The van der Waals surface area contributed by atoms with E-state index in [1.165, 1.54) is 6.07 Å². The molecule has 0 aromatic heterocycles.